The monoisotopic (exact) mass is 385 g/mol. The van der Waals surface area contributed by atoms with E-state index < -0.39 is 0 Å². The highest BCUT2D eigenvalue weighted by Gasteiger charge is 2.22. The van der Waals surface area contributed by atoms with Crippen LogP contribution in [0.3, 0.4) is 0 Å². The Labute approximate surface area is 163 Å². The molecule has 1 N–H and O–H groups in total. The number of ether oxygens (including phenoxy) is 1. The summed E-state index contributed by atoms with van der Waals surface area (Å²) >= 11 is 0. The summed E-state index contributed by atoms with van der Waals surface area (Å²) in [5.41, 5.74) is 1.06. The first kappa shape index (κ1) is 19.8. The van der Waals surface area contributed by atoms with Crippen LogP contribution in [0, 0.1) is 5.82 Å². The van der Waals surface area contributed by atoms with Crippen LogP contribution in [0.4, 0.5) is 4.39 Å². The summed E-state index contributed by atoms with van der Waals surface area (Å²) in [6, 6.07) is 12.6. The van der Waals surface area contributed by atoms with Gasteiger partial charge < -0.3 is 15.0 Å². The number of carbonyl (C=O) groups excluding carboxylic acids is 2. The molecule has 0 radical (unpaired) electrons. The van der Waals surface area contributed by atoms with E-state index in [2.05, 4.69) is 10.2 Å². The Hall–Kier alpha value is -2.93. The number of benzene rings is 2. The van der Waals surface area contributed by atoms with Gasteiger partial charge in [-0.2, -0.15) is 0 Å². The molecule has 0 atom stereocenters. The Kier molecular flexibility index (Phi) is 6.60. The highest BCUT2D eigenvalue weighted by atomic mass is 19.1. The van der Waals surface area contributed by atoms with E-state index in [1.54, 1.807) is 19.2 Å². The van der Waals surface area contributed by atoms with Crippen molar-refractivity contribution < 1.29 is 18.7 Å². The number of halogens is 1. The van der Waals surface area contributed by atoms with Crippen LogP contribution in [0.25, 0.3) is 0 Å². The number of carbonyl (C=O) groups is 2. The Morgan fingerprint density at radius 1 is 1.04 bits per heavy atom. The van der Waals surface area contributed by atoms with E-state index in [0.717, 1.165) is 13.1 Å². The summed E-state index contributed by atoms with van der Waals surface area (Å²) in [7, 11) is 1.58. The largest absolute Gasteiger partial charge is 0.497 e. The Morgan fingerprint density at radius 2 is 1.75 bits per heavy atom. The lowest BCUT2D eigenvalue weighted by atomic mass is 10.1. The number of amides is 2. The van der Waals surface area contributed by atoms with Crippen LogP contribution in [-0.2, 0) is 0 Å². The highest BCUT2D eigenvalue weighted by Crippen LogP contribution is 2.15. The first-order valence-electron chi connectivity index (χ1n) is 9.26. The van der Waals surface area contributed by atoms with Crippen LogP contribution in [0.15, 0.2) is 48.5 Å². The molecule has 6 nitrogen and oxygen atoms in total. The molecule has 1 saturated heterocycles. The second kappa shape index (κ2) is 9.32. The smallest absolute Gasteiger partial charge is 0.254 e. The molecule has 1 aliphatic heterocycles. The second-order valence-corrected chi connectivity index (χ2v) is 6.63. The van der Waals surface area contributed by atoms with Crippen LogP contribution in [0.1, 0.15) is 20.7 Å². The molecule has 3 rings (SSSR count). The zero-order valence-corrected chi connectivity index (χ0v) is 15.9. The van der Waals surface area contributed by atoms with Gasteiger partial charge in [-0.1, -0.05) is 6.07 Å². The molecule has 1 fully saturated rings. The normalized spacial score (nSPS) is 14.6. The first-order valence-corrected chi connectivity index (χ1v) is 9.26. The van der Waals surface area contributed by atoms with Gasteiger partial charge >= 0.3 is 0 Å². The van der Waals surface area contributed by atoms with Crippen molar-refractivity contribution in [3.05, 3.63) is 65.5 Å². The number of rotatable bonds is 6. The van der Waals surface area contributed by atoms with Crippen LogP contribution in [-0.4, -0.2) is 68.0 Å². The summed E-state index contributed by atoms with van der Waals surface area (Å²) in [5.74, 6) is 0.0919. The predicted molar refractivity (Wildman–Crippen MR) is 104 cm³/mol. The summed E-state index contributed by atoms with van der Waals surface area (Å²) in [6.45, 7) is 3.99. The fourth-order valence-electron chi connectivity index (χ4n) is 3.14. The van der Waals surface area contributed by atoms with Crippen molar-refractivity contribution in [3.8, 4) is 5.75 Å². The summed E-state index contributed by atoms with van der Waals surface area (Å²) in [5, 5.41) is 2.84. The second-order valence-electron chi connectivity index (χ2n) is 6.63. The first-order chi connectivity index (χ1) is 13.6. The minimum atomic E-state index is -0.363. The third kappa shape index (κ3) is 5.07. The van der Waals surface area contributed by atoms with Gasteiger partial charge in [-0.3, -0.25) is 14.5 Å². The van der Waals surface area contributed by atoms with E-state index in [-0.39, 0.29) is 17.6 Å². The topological polar surface area (TPSA) is 61.9 Å². The minimum Gasteiger partial charge on any atom is -0.497 e. The average molecular weight is 385 g/mol. The van der Waals surface area contributed by atoms with Gasteiger partial charge in [0.15, 0.2) is 0 Å². The molecule has 0 aromatic heterocycles. The Morgan fingerprint density at radius 3 is 2.43 bits per heavy atom. The third-order valence-electron chi connectivity index (χ3n) is 4.80. The molecule has 0 bridgehead atoms. The average Bonchev–Trinajstić information content (AvgIpc) is 2.74. The van der Waals surface area contributed by atoms with Crippen LogP contribution in [0.5, 0.6) is 5.75 Å². The van der Waals surface area contributed by atoms with E-state index >= 15 is 0 Å². The molecule has 0 spiro atoms. The maximum atomic E-state index is 12.9. The summed E-state index contributed by atoms with van der Waals surface area (Å²) in [4.78, 5) is 28.7. The maximum Gasteiger partial charge on any atom is 0.254 e. The molecule has 2 amide bonds. The lowest BCUT2D eigenvalue weighted by Crippen LogP contribution is -2.50. The number of piperazine rings is 1. The van der Waals surface area contributed by atoms with Crippen molar-refractivity contribution in [1.29, 1.82) is 0 Å². The zero-order chi connectivity index (χ0) is 19.9. The molecule has 148 valence electrons. The molecular weight excluding hydrogens is 361 g/mol. The van der Waals surface area contributed by atoms with Gasteiger partial charge in [-0.15, -0.1) is 0 Å². The molecule has 28 heavy (non-hydrogen) atoms. The Bertz CT molecular complexity index is 818. The highest BCUT2D eigenvalue weighted by molar-refractivity contribution is 5.95. The van der Waals surface area contributed by atoms with Crippen molar-refractivity contribution in [1.82, 2.24) is 15.1 Å². The van der Waals surface area contributed by atoms with E-state index in [9.17, 15) is 14.0 Å². The molecule has 1 heterocycles. The van der Waals surface area contributed by atoms with Crippen molar-refractivity contribution in [2.75, 3.05) is 46.4 Å². The zero-order valence-electron chi connectivity index (χ0n) is 15.9. The molecule has 0 saturated carbocycles. The fraction of sp³-hybridized carbons (Fsp3) is 0.333. The number of methoxy groups -OCH3 is 1. The van der Waals surface area contributed by atoms with Crippen molar-refractivity contribution >= 4 is 11.8 Å². The molecule has 2 aromatic carbocycles. The molecule has 0 unspecified atom stereocenters. The van der Waals surface area contributed by atoms with Crippen molar-refractivity contribution in [3.63, 3.8) is 0 Å². The molecule has 2 aromatic rings. The SMILES string of the molecule is COc1cccc(C(=O)N2CCN(CCNC(=O)c3ccc(F)cc3)CC2)c1. The van der Waals surface area contributed by atoms with Crippen LogP contribution >= 0.6 is 0 Å². The summed E-state index contributed by atoms with van der Waals surface area (Å²) < 4.78 is 18.1. The number of hydrogen-bond acceptors (Lipinski definition) is 4. The summed E-state index contributed by atoms with van der Waals surface area (Å²) in [6.07, 6.45) is 0. The van der Waals surface area contributed by atoms with E-state index in [0.29, 0.717) is 43.1 Å². The van der Waals surface area contributed by atoms with Gasteiger partial charge in [0, 0.05) is 50.4 Å². The van der Waals surface area contributed by atoms with Gasteiger partial charge in [0.05, 0.1) is 7.11 Å². The lowest BCUT2D eigenvalue weighted by Gasteiger charge is -2.34. The van der Waals surface area contributed by atoms with Gasteiger partial charge in [-0.05, 0) is 42.5 Å². The number of nitrogens with one attached hydrogen (secondary N) is 1. The van der Waals surface area contributed by atoms with E-state index in [4.69, 9.17) is 4.74 Å². The predicted octanol–water partition coefficient (Wildman–Crippen LogP) is 2.02. The Balaban J connectivity index is 1.42. The number of hydrogen-bond donors (Lipinski definition) is 1. The van der Waals surface area contributed by atoms with E-state index in [1.165, 1.54) is 24.3 Å². The van der Waals surface area contributed by atoms with Crippen molar-refractivity contribution in [2.24, 2.45) is 0 Å². The lowest BCUT2D eigenvalue weighted by molar-refractivity contribution is 0.0637. The standard InChI is InChI=1S/C21H24FN3O3/c1-28-19-4-2-3-17(15-19)21(27)25-13-11-24(12-14-25)10-9-23-20(26)16-5-7-18(22)8-6-16/h2-8,15H,9-14H2,1H3,(H,23,26). The maximum absolute atomic E-state index is 12.9. The number of nitrogens with zero attached hydrogens (tertiary/aromatic N) is 2. The molecule has 0 aliphatic carbocycles. The van der Waals surface area contributed by atoms with Gasteiger partial charge in [-0.25, -0.2) is 4.39 Å². The van der Waals surface area contributed by atoms with Gasteiger partial charge in [0.1, 0.15) is 11.6 Å². The molecular formula is C21H24FN3O3. The van der Waals surface area contributed by atoms with Crippen LogP contribution in [0.2, 0.25) is 0 Å². The minimum absolute atomic E-state index is 0.00293. The van der Waals surface area contributed by atoms with E-state index in [1.807, 2.05) is 17.0 Å². The van der Waals surface area contributed by atoms with Gasteiger partial charge in [0.2, 0.25) is 0 Å². The quantitative estimate of drug-likeness (QED) is 0.827. The molecule has 7 heteroatoms. The van der Waals surface area contributed by atoms with Crippen molar-refractivity contribution in [2.45, 2.75) is 0 Å². The van der Waals surface area contributed by atoms with Crippen LogP contribution < -0.4 is 10.1 Å². The fourth-order valence-corrected chi connectivity index (χ4v) is 3.14. The van der Waals surface area contributed by atoms with Gasteiger partial charge in [0.25, 0.3) is 11.8 Å². The molecule has 1 aliphatic rings. The third-order valence-corrected chi connectivity index (χ3v) is 4.80.